The number of carbonyl (C=O) groups excluding carboxylic acids is 1. The molecule has 2 aliphatic rings. The van der Waals surface area contributed by atoms with Gasteiger partial charge in [0.05, 0.1) is 21.8 Å². The van der Waals surface area contributed by atoms with E-state index in [0.717, 1.165) is 36.8 Å². The van der Waals surface area contributed by atoms with E-state index in [0.29, 0.717) is 46.8 Å². The van der Waals surface area contributed by atoms with Crippen LogP contribution in [0.15, 0.2) is 42.5 Å². The number of hydrogen-bond donors (Lipinski definition) is 1. The van der Waals surface area contributed by atoms with Crippen molar-refractivity contribution >= 4 is 39.9 Å². The number of para-hydroxylation sites is 1. The first-order chi connectivity index (χ1) is 14.2. The molecule has 0 unspecified atom stereocenters. The molecule has 29 heavy (non-hydrogen) atoms. The number of aromatic nitrogens is 1. The number of ether oxygens (including phenoxy) is 2. The maximum absolute atomic E-state index is 13.2. The number of amides is 1. The molecule has 1 saturated heterocycles. The fourth-order valence-electron chi connectivity index (χ4n) is 3.79. The summed E-state index contributed by atoms with van der Waals surface area (Å²) in [6.45, 7) is 2.75. The molecule has 0 radical (unpaired) electrons. The van der Waals surface area contributed by atoms with Crippen LogP contribution in [0.2, 0.25) is 5.02 Å². The molecule has 3 aromatic rings. The molecule has 0 spiro atoms. The van der Waals surface area contributed by atoms with E-state index in [1.54, 1.807) is 12.1 Å². The summed E-state index contributed by atoms with van der Waals surface area (Å²) >= 11 is 6.38. The van der Waals surface area contributed by atoms with Gasteiger partial charge in [-0.1, -0.05) is 29.8 Å². The quantitative estimate of drug-likeness (QED) is 0.689. The topological polar surface area (TPSA) is 63.7 Å². The van der Waals surface area contributed by atoms with Gasteiger partial charge in [0, 0.05) is 30.6 Å². The monoisotopic (exact) mass is 409 g/mol. The zero-order valence-corrected chi connectivity index (χ0v) is 16.5. The van der Waals surface area contributed by atoms with Crippen LogP contribution in [0.25, 0.3) is 10.9 Å². The summed E-state index contributed by atoms with van der Waals surface area (Å²) in [6, 6.07) is 13.1. The van der Waals surface area contributed by atoms with Crippen LogP contribution in [0.3, 0.4) is 0 Å². The van der Waals surface area contributed by atoms with Gasteiger partial charge in [0.1, 0.15) is 19.0 Å². The smallest absolute Gasteiger partial charge is 0.259 e. The predicted molar refractivity (Wildman–Crippen MR) is 114 cm³/mol. The average molecular weight is 410 g/mol. The Bertz CT molecular complexity index is 1100. The zero-order valence-electron chi connectivity index (χ0n) is 15.8. The molecule has 2 aromatic carbocycles. The number of anilines is 2. The van der Waals surface area contributed by atoms with Gasteiger partial charge in [-0.2, -0.15) is 0 Å². The summed E-state index contributed by atoms with van der Waals surface area (Å²) in [6.07, 6.45) is 2.20. The molecule has 0 saturated carbocycles. The van der Waals surface area contributed by atoms with Gasteiger partial charge in [0.15, 0.2) is 11.5 Å². The van der Waals surface area contributed by atoms with Crippen molar-refractivity contribution in [1.29, 1.82) is 0 Å². The van der Waals surface area contributed by atoms with Crippen molar-refractivity contribution in [3.63, 3.8) is 0 Å². The van der Waals surface area contributed by atoms with E-state index in [4.69, 9.17) is 26.1 Å². The Morgan fingerprint density at radius 2 is 1.76 bits per heavy atom. The number of rotatable bonds is 3. The van der Waals surface area contributed by atoms with Crippen LogP contribution < -0.4 is 19.7 Å². The predicted octanol–water partition coefficient (Wildman–Crippen LogP) is 4.51. The van der Waals surface area contributed by atoms with Crippen LogP contribution in [0.5, 0.6) is 11.5 Å². The van der Waals surface area contributed by atoms with Crippen LogP contribution >= 0.6 is 11.6 Å². The minimum atomic E-state index is -0.247. The maximum atomic E-state index is 13.2. The zero-order chi connectivity index (χ0) is 19.8. The highest BCUT2D eigenvalue weighted by atomic mass is 35.5. The molecule has 5 rings (SSSR count). The Balaban J connectivity index is 1.53. The molecule has 0 aliphatic carbocycles. The maximum Gasteiger partial charge on any atom is 0.259 e. The fraction of sp³-hybridized carbons (Fsp3) is 0.273. The highest BCUT2D eigenvalue weighted by Crippen LogP contribution is 2.38. The lowest BCUT2D eigenvalue weighted by Gasteiger charge is -2.22. The average Bonchev–Trinajstić information content (AvgIpc) is 3.28. The number of hydrogen-bond acceptors (Lipinski definition) is 5. The first kappa shape index (κ1) is 18.1. The molecule has 1 aromatic heterocycles. The third-order valence-corrected chi connectivity index (χ3v) is 5.55. The van der Waals surface area contributed by atoms with Crippen molar-refractivity contribution in [2.45, 2.75) is 12.8 Å². The second-order valence-corrected chi connectivity index (χ2v) is 7.58. The van der Waals surface area contributed by atoms with Crippen molar-refractivity contribution in [2.75, 3.05) is 36.5 Å². The third kappa shape index (κ3) is 3.44. The number of fused-ring (bicyclic) bond motifs is 2. The minimum Gasteiger partial charge on any atom is -0.486 e. The summed E-state index contributed by atoms with van der Waals surface area (Å²) in [4.78, 5) is 20.2. The minimum absolute atomic E-state index is 0.247. The number of nitrogens with zero attached hydrogens (tertiary/aromatic N) is 2. The summed E-state index contributed by atoms with van der Waals surface area (Å²) in [5, 5.41) is 4.26. The van der Waals surface area contributed by atoms with Gasteiger partial charge in [-0.3, -0.25) is 4.79 Å². The number of benzene rings is 2. The van der Waals surface area contributed by atoms with E-state index in [2.05, 4.69) is 10.2 Å². The largest absolute Gasteiger partial charge is 0.486 e. The highest BCUT2D eigenvalue weighted by molar-refractivity contribution is 6.34. The molecule has 0 atom stereocenters. The fourth-order valence-corrected chi connectivity index (χ4v) is 3.99. The third-order valence-electron chi connectivity index (χ3n) is 5.23. The molecule has 0 bridgehead atoms. The van der Waals surface area contributed by atoms with E-state index in [-0.39, 0.29) is 5.91 Å². The number of halogens is 1. The van der Waals surface area contributed by atoms with Crippen molar-refractivity contribution in [2.24, 2.45) is 0 Å². The van der Waals surface area contributed by atoms with Gasteiger partial charge < -0.3 is 19.7 Å². The van der Waals surface area contributed by atoms with E-state index >= 15 is 0 Å². The summed E-state index contributed by atoms with van der Waals surface area (Å²) in [7, 11) is 0. The molecule has 2 aliphatic heterocycles. The molecule has 1 amide bonds. The van der Waals surface area contributed by atoms with Gasteiger partial charge >= 0.3 is 0 Å². The lowest BCUT2D eigenvalue weighted by molar-refractivity contribution is 0.102. The van der Waals surface area contributed by atoms with E-state index in [9.17, 15) is 4.79 Å². The van der Waals surface area contributed by atoms with Gasteiger partial charge in [-0.15, -0.1) is 0 Å². The van der Waals surface area contributed by atoms with Gasteiger partial charge in [0.2, 0.25) is 0 Å². The van der Waals surface area contributed by atoms with Crippen LogP contribution in [0, 0.1) is 0 Å². The van der Waals surface area contributed by atoms with E-state index in [1.165, 1.54) is 0 Å². The van der Waals surface area contributed by atoms with E-state index < -0.39 is 0 Å². The standard InChI is InChI=1S/C22H20ClN3O3/c23-16-12-19-20(29-10-9-28-19)13-18(16)25-22(27)15-11-14-5-1-2-6-17(14)24-21(15)26-7-3-4-8-26/h1-2,5-6,11-13H,3-4,7-10H2,(H,25,27). The molecule has 3 heterocycles. The van der Waals surface area contributed by atoms with Crippen molar-refractivity contribution in [1.82, 2.24) is 4.98 Å². The Kier molecular flexibility index (Phi) is 4.64. The Hall–Kier alpha value is -2.99. The van der Waals surface area contributed by atoms with Crippen LogP contribution in [-0.2, 0) is 0 Å². The van der Waals surface area contributed by atoms with Crippen LogP contribution in [0.1, 0.15) is 23.2 Å². The Morgan fingerprint density at radius 3 is 2.55 bits per heavy atom. The number of pyridine rings is 1. The molecule has 1 fully saturated rings. The highest BCUT2D eigenvalue weighted by Gasteiger charge is 2.23. The first-order valence-electron chi connectivity index (χ1n) is 9.74. The second-order valence-electron chi connectivity index (χ2n) is 7.18. The number of nitrogens with one attached hydrogen (secondary N) is 1. The van der Waals surface area contributed by atoms with Gasteiger partial charge in [-0.25, -0.2) is 4.98 Å². The molecular weight excluding hydrogens is 390 g/mol. The van der Waals surface area contributed by atoms with Crippen molar-refractivity contribution in [3.8, 4) is 11.5 Å². The van der Waals surface area contributed by atoms with Crippen LogP contribution in [-0.4, -0.2) is 37.2 Å². The van der Waals surface area contributed by atoms with E-state index in [1.807, 2.05) is 30.3 Å². The summed E-state index contributed by atoms with van der Waals surface area (Å²) < 4.78 is 11.2. The van der Waals surface area contributed by atoms with Crippen LogP contribution in [0.4, 0.5) is 11.5 Å². The molecule has 1 N–H and O–H groups in total. The summed E-state index contributed by atoms with van der Waals surface area (Å²) in [5.41, 5.74) is 1.90. The lowest BCUT2D eigenvalue weighted by Crippen LogP contribution is -2.24. The molecule has 148 valence electrons. The molecule has 6 nitrogen and oxygen atoms in total. The second kappa shape index (κ2) is 7.44. The first-order valence-corrected chi connectivity index (χ1v) is 10.1. The van der Waals surface area contributed by atoms with Crippen molar-refractivity contribution < 1.29 is 14.3 Å². The Labute approximate surface area is 173 Å². The van der Waals surface area contributed by atoms with Crippen molar-refractivity contribution in [3.05, 3.63) is 53.1 Å². The lowest BCUT2D eigenvalue weighted by atomic mass is 10.1. The van der Waals surface area contributed by atoms with Gasteiger partial charge in [-0.05, 0) is 25.0 Å². The summed E-state index contributed by atoms with van der Waals surface area (Å²) in [5.74, 6) is 1.63. The number of carbonyl (C=O) groups is 1. The molecule has 7 heteroatoms. The normalized spacial score (nSPS) is 15.6. The molecular formula is C22H20ClN3O3. The Morgan fingerprint density at radius 1 is 1.03 bits per heavy atom. The van der Waals surface area contributed by atoms with Gasteiger partial charge in [0.25, 0.3) is 5.91 Å². The SMILES string of the molecule is O=C(Nc1cc2c(cc1Cl)OCCO2)c1cc2ccccc2nc1N1CCCC1.